The highest BCUT2D eigenvalue weighted by Crippen LogP contribution is 2.23. The van der Waals surface area contributed by atoms with Crippen LogP contribution in [0, 0.1) is 0 Å². The van der Waals surface area contributed by atoms with Crippen LogP contribution in [0.1, 0.15) is 10.4 Å². The number of nitrogens with one attached hydrogen (secondary N) is 2. The first kappa shape index (κ1) is 20.3. The molecule has 2 N–H and O–H groups in total. The van der Waals surface area contributed by atoms with Crippen molar-refractivity contribution in [2.75, 3.05) is 44.9 Å². The van der Waals surface area contributed by atoms with E-state index in [-0.39, 0.29) is 0 Å². The molecule has 3 aromatic rings. The average molecular weight is 391 g/mol. The van der Waals surface area contributed by atoms with Gasteiger partial charge in [0.2, 0.25) is 5.95 Å². The predicted octanol–water partition coefficient (Wildman–Crippen LogP) is 3.65. The molecule has 7 nitrogen and oxygen atoms in total. The van der Waals surface area contributed by atoms with Crippen molar-refractivity contribution >= 4 is 23.4 Å². The van der Waals surface area contributed by atoms with Gasteiger partial charge in [0.1, 0.15) is 5.82 Å². The van der Waals surface area contributed by atoms with Crippen LogP contribution in [0.2, 0.25) is 0 Å². The summed E-state index contributed by atoms with van der Waals surface area (Å²) in [5.74, 6) is 0.784. The molecule has 0 aliphatic heterocycles. The van der Waals surface area contributed by atoms with Gasteiger partial charge in [-0.2, -0.15) is 4.98 Å². The van der Waals surface area contributed by atoms with Crippen molar-refractivity contribution in [1.82, 2.24) is 14.9 Å². The molecule has 0 aliphatic carbocycles. The number of anilines is 3. The third-order valence-corrected chi connectivity index (χ3v) is 4.20. The summed E-state index contributed by atoms with van der Waals surface area (Å²) in [6.45, 7) is 1.64. The molecule has 0 bridgehead atoms. The van der Waals surface area contributed by atoms with Crippen molar-refractivity contribution in [2.24, 2.45) is 0 Å². The number of carbonyl (C=O) groups excluding carboxylic acids is 1. The Bertz CT molecular complexity index is 960. The van der Waals surface area contributed by atoms with E-state index in [1.807, 2.05) is 56.6 Å². The lowest BCUT2D eigenvalue weighted by atomic mass is 10.1. The van der Waals surface area contributed by atoms with Crippen molar-refractivity contribution in [1.29, 1.82) is 0 Å². The quantitative estimate of drug-likeness (QED) is 0.568. The lowest BCUT2D eigenvalue weighted by molar-refractivity contribution is 0.0601. The number of rotatable bonds is 8. The number of hydrogen-bond acceptors (Lipinski definition) is 7. The zero-order chi connectivity index (χ0) is 20.6. The number of aromatic nitrogens is 2. The molecule has 0 saturated carbocycles. The van der Waals surface area contributed by atoms with Gasteiger partial charge in [0.25, 0.3) is 0 Å². The second-order valence-electron chi connectivity index (χ2n) is 6.76. The van der Waals surface area contributed by atoms with Gasteiger partial charge in [0.05, 0.1) is 18.4 Å². The number of ether oxygens (including phenoxy) is 1. The Kier molecular flexibility index (Phi) is 6.76. The first-order chi connectivity index (χ1) is 14.0. The van der Waals surface area contributed by atoms with Gasteiger partial charge in [0, 0.05) is 30.4 Å². The monoisotopic (exact) mass is 391 g/mol. The van der Waals surface area contributed by atoms with Crippen LogP contribution in [0.3, 0.4) is 0 Å². The number of nitrogens with zero attached hydrogens (tertiary/aromatic N) is 3. The Morgan fingerprint density at radius 3 is 2.55 bits per heavy atom. The third kappa shape index (κ3) is 5.76. The van der Waals surface area contributed by atoms with Gasteiger partial charge in [-0.05, 0) is 32.3 Å². The van der Waals surface area contributed by atoms with Crippen LogP contribution < -0.4 is 10.6 Å². The summed E-state index contributed by atoms with van der Waals surface area (Å²) < 4.78 is 4.79. The molecule has 1 aromatic heterocycles. The fourth-order valence-electron chi connectivity index (χ4n) is 2.73. The standard InChI is InChI=1S/C22H25N5O2/c1-27(2)13-12-23-20-15-19(16-8-5-4-6-9-16)25-22(26-20)24-18-11-7-10-17(14-18)21(28)29-3/h4-11,14-15H,12-13H2,1-3H3,(H2,23,24,25,26). The van der Waals surface area contributed by atoms with Gasteiger partial charge in [-0.15, -0.1) is 0 Å². The zero-order valence-electron chi connectivity index (χ0n) is 16.8. The van der Waals surface area contributed by atoms with Gasteiger partial charge in [0.15, 0.2) is 0 Å². The molecular formula is C22H25N5O2. The topological polar surface area (TPSA) is 79.4 Å². The summed E-state index contributed by atoms with van der Waals surface area (Å²) in [6, 6.07) is 18.9. The highest BCUT2D eigenvalue weighted by molar-refractivity contribution is 5.90. The van der Waals surface area contributed by atoms with E-state index in [9.17, 15) is 4.79 Å². The molecule has 0 fully saturated rings. The van der Waals surface area contributed by atoms with Crippen molar-refractivity contribution in [3.63, 3.8) is 0 Å². The fourth-order valence-corrected chi connectivity index (χ4v) is 2.73. The van der Waals surface area contributed by atoms with Gasteiger partial charge >= 0.3 is 5.97 Å². The summed E-state index contributed by atoms with van der Waals surface area (Å²) in [5, 5.41) is 6.54. The van der Waals surface area contributed by atoms with E-state index in [1.54, 1.807) is 18.2 Å². The summed E-state index contributed by atoms with van der Waals surface area (Å²) in [5.41, 5.74) is 2.97. The molecule has 150 valence electrons. The third-order valence-electron chi connectivity index (χ3n) is 4.20. The number of benzene rings is 2. The minimum Gasteiger partial charge on any atom is -0.465 e. The summed E-state index contributed by atoms with van der Waals surface area (Å²) in [6.07, 6.45) is 0. The SMILES string of the molecule is COC(=O)c1cccc(Nc2nc(NCCN(C)C)cc(-c3ccccc3)n2)c1. The molecular weight excluding hydrogens is 366 g/mol. The largest absolute Gasteiger partial charge is 0.465 e. The molecule has 0 amide bonds. The average Bonchev–Trinajstić information content (AvgIpc) is 2.73. The summed E-state index contributed by atoms with van der Waals surface area (Å²) in [4.78, 5) is 23.1. The van der Waals surface area contributed by atoms with Gasteiger partial charge in [-0.3, -0.25) is 0 Å². The Hall–Kier alpha value is -3.45. The maximum atomic E-state index is 11.8. The van der Waals surface area contributed by atoms with E-state index in [0.29, 0.717) is 17.2 Å². The van der Waals surface area contributed by atoms with Crippen LogP contribution in [-0.4, -0.2) is 55.1 Å². The van der Waals surface area contributed by atoms with E-state index in [4.69, 9.17) is 4.74 Å². The van der Waals surface area contributed by atoms with Crippen LogP contribution in [0.4, 0.5) is 17.5 Å². The molecule has 0 unspecified atom stereocenters. The van der Waals surface area contributed by atoms with Crippen molar-refractivity contribution in [3.8, 4) is 11.3 Å². The van der Waals surface area contributed by atoms with E-state index < -0.39 is 5.97 Å². The Morgan fingerprint density at radius 1 is 1.03 bits per heavy atom. The first-order valence-electron chi connectivity index (χ1n) is 9.33. The predicted molar refractivity (Wildman–Crippen MR) is 116 cm³/mol. The minimum atomic E-state index is -0.390. The summed E-state index contributed by atoms with van der Waals surface area (Å²) >= 11 is 0. The van der Waals surface area contributed by atoms with Gasteiger partial charge in [-0.25, -0.2) is 9.78 Å². The van der Waals surface area contributed by atoms with E-state index in [0.717, 1.165) is 30.2 Å². The van der Waals surface area contributed by atoms with E-state index in [1.165, 1.54) is 7.11 Å². The molecule has 0 radical (unpaired) electrons. The van der Waals surface area contributed by atoms with Crippen molar-refractivity contribution < 1.29 is 9.53 Å². The number of methoxy groups -OCH3 is 1. The molecule has 3 rings (SSSR count). The normalized spacial score (nSPS) is 10.6. The maximum absolute atomic E-state index is 11.8. The molecule has 1 heterocycles. The van der Waals surface area contributed by atoms with Crippen molar-refractivity contribution in [3.05, 3.63) is 66.2 Å². The zero-order valence-corrected chi connectivity index (χ0v) is 16.8. The van der Waals surface area contributed by atoms with Crippen LogP contribution in [0.5, 0.6) is 0 Å². The van der Waals surface area contributed by atoms with Crippen molar-refractivity contribution in [2.45, 2.75) is 0 Å². The number of hydrogen-bond donors (Lipinski definition) is 2. The van der Waals surface area contributed by atoms with E-state index in [2.05, 4.69) is 25.5 Å². The molecule has 29 heavy (non-hydrogen) atoms. The number of likely N-dealkylation sites (N-methyl/N-ethyl adjacent to an activating group) is 1. The molecule has 2 aromatic carbocycles. The molecule has 0 atom stereocenters. The van der Waals surface area contributed by atoms with Crippen LogP contribution in [0.25, 0.3) is 11.3 Å². The number of carbonyl (C=O) groups is 1. The van der Waals surface area contributed by atoms with Crippen LogP contribution in [0.15, 0.2) is 60.7 Å². The first-order valence-corrected chi connectivity index (χ1v) is 9.33. The molecule has 0 spiro atoms. The maximum Gasteiger partial charge on any atom is 0.337 e. The van der Waals surface area contributed by atoms with E-state index >= 15 is 0 Å². The highest BCUT2D eigenvalue weighted by Gasteiger charge is 2.09. The fraction of sp³-hybridized carbons (Fsp3) is 0.227. The van der Waals surface area contributed by atoms with Crippen LogP contribution in [-0.2, 0) is 4.74 Å². The minimum absolute atomic E-state index is 0.390. The highest BCUT2D eigenvalue weighted by atomic mass is 16.5. The molecule has 7 heteroatoms. The van der Waals surface area contributed by atoms with Crippen LogP contribution >= 0.6 is 0 Å². The summed E-state index contributed by atoms with van der Waals surface area (Å²) in [7, 11) is 5.41. The lowest BCUT2D eigenvalue weighted by Crippen LogP contribution is -2.21. The Balaban J connectivity index is 1.89. The Morgan fingerprint density at radius 2 is 1.83 bits per heavy atom. The van der Waals surface area contributed by atoms with Gasteiger partial charge in [-0.1, -0.05) is 36.4 Å². The van der Waals surface area contributed by atoms with Gasteiger partial charge < -0.3 is 20.3 Å². The Labute approximate surface area is 170 Å². The lowest BCUT2D eigenvalue weighted by Gasteiger charge is -2.14. The molecule has 0 aliphatic rings. The molecule has 0 saturated heterocycles. The smallest absolute Gasteiger partial charge is 0.337 e. The second-order valence-corrected chi connectivity index (χ2v) is 6.76. The second kappa shape index (κ2) is 9.66. The number of esters is 1.